The Kier molecular flexibility index (Phi) is 7.34. The van der Waals surface area contributed by atoms with E-state index in [0.29, 0.717) is 25.8 Å². The Balaban J connectivity index is 2.86. The number of aryl methyl sites for hydroxylation is 1. The van der Waals surface area contributed by atoms with Crippen molar-refractivity contribution in [3.63, 3.8) is 0 Å². The molecule has 1 rings (SSSR count). The average Bonchev–Trinajstić information content (AvgIpc) is 2.53. The predicted molar refractivity (Wildman–Crippen MR) is 88.9 cm³/mol. The van der Waals surface area contributed by atoms with Gasteiger partial charge in [-0.1, -0.05) is 24.1 Å². The molecule has 0 aliphatic rings. The van der Waals surface area contributed by atoms with Crippen LogP contribution in [0.4, 0.5) is 0 Å². The quantitative estimate of drug-likeness (QED) is 0.404. The third kappa shape index (κ3) is 5.10. The van der Waals surface area contributed by atoms with Gasteiger partial charge in [-0.2, -0.15) is 0 Å². The molecule has 0 fully saturated rings. The SMILES string of the molecule is Cc1ccc(S(=O)(=O)C(=O)C(Cl)C(=O)[C@@H](N)CCCCN)cc1. The van der Waals surface area contributed by atoms with Crippen molar-refractivity contribution in [2.75, 3.05) is 6.54 Å². The number of Topliss-reactive ketones (excluding diaryl/α,β-unsaturated/α-hetero) is 1. The second-order valence-electron chi connectivity index (χ2n) is 5.29. The lowest BCUT2D eigenvalue weighted by Gasteiger charge is -2.14. The molecular formula is C15H21ClN2O4S. The number of sulfone groups is 1. The van der Waals surface area contributed by atoms with Gasteiger partial charge in [-0.25, -0.2) is 8.42 Å². The van der Waals surface area contributed by atoms with Gasteiger partial charge in [0.05, 0.1) is 10.9 Å². The van der Waals surface area contributed by atoms with E-state index in [1.54, 1.807) is 19.1 Å². The molecule has 1 aromatic rings. The van der Waals surface area contributed by atoms with E-state index in [-0.39, 0.29) is 4.90 Å². The van der Waals surface area contributed by atoms with Crippen LogP contribution in [0.15, 0.2) is 29.2 Å². The van der Waals surface area contributed by atoms with Crippen molar-refractivity contribution in [3.8, 4) is 0 Å². The fourth-order valence-electron chi connectivity index (χ4n) is 1.92. The topological polar surface area (TPSA) is 120 Å². The lowest BCUT2D eigenvalue weighted by Crippen LogP contribution is -2.42. The van der Waals surface area contributed by atoms with Gasteiger partial charge >= 0.3 is 0 Å². The van der Waals surface area contributed by atoms with E-state index < -0.39 is 32.2 Å². The van der Waals surface area contributed by atoms with Crippen LogP contribution in [-0.2, 0) is 19.4 Å². The summed E-state index contributed by atoms with van der Waals surface area (Å²) < 4.78 is 24.5. The van der Waals surface area contributed by atoms with Gasteiger partial charge in [-0.3, -0.25) is 9.59 Å². The minimum atomic E-state index is -4.33. The van der Waals surface area contributed by atoms with Crippen molar-refractivity contribution in [2.24, 2.45) is 11.5 Å². The van der Waals surface area contributed by atoms with E-state index >= 15 is 0 Å². The first-order chi connectivity index (χ1) is 10.7. The number of carbonyl (C=O) groups is 2. The number of rotatable bonds is 8. The number of hydrogen-bond acceptors (Lipinski definition) is 6. The summed E-state index contributed by atoms with van der Waals surface area (Å²) >= 11 is 5.77. The molecule has 2 atom stereocenters. The van der Waals surface area contributed by atoms with Gasteiger partial charge in [-0.15, -0.1) is 11.6 Å². The molecule has 0 aromatic heterocycles. The summed E-state index contributed by atoms with van der Waals surface area (Å²) in [6.07, 6.45) is 1.59. The molecule has 0 amide bonds. The Bertz CT molecular complexity index is 659. The van der Waals surface area contributed by atoms with Crippen molar-refractivity contribution in [3.05, 3.63) is 29.8 Å². The van der Waals surface area contributed by atoms with Crippen molar-refractivity contribution in [1.82, 2.24) is 0 Å². The second kappa shape index (κ2) is 8.54. The Morgan fingerprint density at radius 2 is 1.74 bits per heavy atom. The third-order valence-electron chi connectivity index (χ3n) is 3.39. The highest BCUT2D eigenvalue weighted by molar-refractivity contribution is 8.06. The summed E-state index contributed by atoms with van der Waals surface area (Å²) in [4.78, 5) is 24.0. The summed E-state index contributed by atoms with van der Waals surface area (Å²) in [5.41, 5.74) is 11.9. The van der Waals surface area contributed by atoms with Gasteiger partial charge in [0, 0.05) is 0 Å². The summed E-state index contributed by atoms with van der Waals surface area (Å²) in [5.74, 6) is -0.788. The lowest BCUT2D eigenvalue weighted by molar-refractivity contribution is -0.124. The monoisotopic (exact) mass is 360 g/mol. The minimum Gasteiger partial charge on any atom is -0.330 e. The normalized spacial score (nSPS) is 14.3. The first kappa shape index (κ1) is 19.8. The van der Waals surface area contributed by atoms with Gasteiger partial charge in [0.2, 0.25) is 9.84 Å². The van der Waals surface area contributed by atoms with Gasteiger partial charge in [0.25, 0.3) is 5.12 Å². The third-order valence-corrected chi connectivity index (χ3v) is 5.59. The number of hydrogen-bond donors (Lipinski definition) is 2. The number of halogens is 1. The van der Waals surface area contributed by atoms with Crippen LogP contribution in [0, 0.1) is 6.92 Å². The molecule has 8 heteroatoms. The molecule has 128 valence electrons. The zero-order chi connectivity index (χ0) is 17.6. The minimum absolute atomic E-state index is 0.191. The largest absolute Gasteiger partial charge is 0.330 e. The number of ketones is 1. The highest BCUT2D eigenvalue weighted by Gasteiger charge is 2.37. The summed E-state index contributed by atoms with van der Waals surface area (Å²) in [5, 5.41) is -3.16. The molecule has 0 aliphatic carbocycles. The Hall–Kier alpha value is -1.28. The molecule has 0 aliphatic heterocycles. The van der Waals surface area contributed by atoms with E-state index in [1.807, 2.05) is 0 Å². The maximum atomic E-state index is 12.2. The molecule has 0 spiro atoms. The average molecular weight is 361 g/mol. The van der Waals surface area contributed by atoms with E-state index in [1.165, 1.54) is 12.1 Å². The van der Waals surface area contributed by atoms with Gasteiger partial charge in [0.1, 0.15) is 0 Å². The summed E-state index contributed by atoms with van der Waals surface area (Å²) in [6.45, 7) is 2.25. The number of alkyl halides is 1. The fourth-order valence-corrected chi connectivity index (χ4v) is 3.55. The molecule has 0 saturated heterocycles. The Labute approximate surface area is 141 Å². The zero-order valence-electron chi connectivity index (χ0n) is 12.9. The van der Waals surface area contributed by atoms with Crippen LogP contribution in [0.2, 0.25) is 0 Å². The molecule has 6 nitrogen and oxygen atoms in total. The highest BCUT2D eigenvalue weighted by atomic mass is 35.5. The molecule has 4 N–H and O–H groups in total. The summed E-state index contributed by atoms with van der Waals surface area (Å²) in [7, 11) is -4.33. The van der Waals surface area contributed by atoms with Crippen LogP contribution in [0.1, 0.15) is 24.8 Å². The second-order valence-corrected chi connectivity index (χ2v) is 7.61. The lowest BCUT2D eigenvalue weighted by atomic mass is 10.0. The van der Waals surface area contributed by atoms with Crippen LogP contribution in [0.3, 0.4) is 0 Å². The van der Waals surface area contributed by atoms with Crippen LogP contribution < -0.4 is 11.5 Å². The van der Waals surface area contributed by atoms with Crippen LogP contribution in [0.5, 0.6) is 0 Å². The predicted octanol–water partition coefficient (Wildman–Crippen LogP) is 0.928. The maximum Gasteiger partial charge on any atom is 0.276 e. The fraction of sp³-hybridized carbons (Fsp3) is 0.467. The highest BCUT2D eigenvalue weighted by Crippen LogP contribution is 2.18. The van der Waals surface area contributed by atoms with Gasteiger partial charge in [-0.05, 0) is 38.4 Å². The molecule has 1 unspecified atom stereocenters. The molecule has 0 heterocycles. The number of carbonyl (C=O) groups excluding carboxylic acids is 2. The van der Waals surface area contributed by atoms with Crippen LogP contribution >= 0.6 is 11.6 Å². The smallest absolute Gasteiger partial charge is 0.276 e. The number of nitrogens with two attached hydrogens (primary N) is 2. The van der Waals surface area contributed by atoms with Crippen molar-refractivity contribution in [1.29, 1.82) is 0 Å². The first-order valence-electron chi connectivity index (χ1n) is 7.21. The molecule has 23 heavy (non-hydrogen) atoms. The molecule has 1 aromatic carbocycles. The number of benzene rings is 1. The molecular weight excluding hydrogens is 340 g/mol. The Morgan fingerprint density at radius 3 is 2.26 bits per heavy atom. The Morgan fingerprint density at radius 1 is 1.17 bits per heavy atom. The van der Waals surface area contributed by atoms with Crippen LogP contribution in [0.25, 0.3) is 0 Å². The van der Waals surface area contributed by atoms with Gasteiger partial charge in [0.15, 0.2) is 11.2 Å². The van der Waals surface area contributed by atoms with Crippen LogP contribution in [-0.4, -0.2) is 37.3 Å². The zero-order valence-corrected chi connectivity index (χ0v) is 14.4. The summed E-state index contributed by atoms with van der Waals surface area (Å²) in [6, 6.07) is 4.74. The van der Waals surface area contributed by atoms with E-state index in [4.69, 9.17) is 23.1 Å². The first-order valence-corrected chi connectivity index (χ1v) is 9.12. The van der Waals surface area contributed by atoms with Gasteiger partial charge < -0.3 is 11.5 Å². The van der Waals surface area contributed by atoms with Crippen molar-refractivity contribution in [2.45, 2.75) is 42.5 Å². The van der Waals surface area contributed by atoms with E-state index in [9.17, 15) is 18.0 Å². The van der Waals surface area contributed by atoms with Crippen molar-refractivity contribution >= 4 is 32.3 Å². The maximum absolute atomic E-state index is 12.2. The van der Waals surface area contributed by atoms with E-state index in [2.05, 4.69) is 0 Å². The van der Waals surface area contributed by atoms with E-state index in [0.717, 1.165) is 5.56 Å². The molecule has 0 bridgehead atoms. The van der Waals surface area contributed by atoms with Crippen molar-refractivity contribution < 1.29 is 18.0 Å². The molecule has 0 saturated carbocycles. The number of unbranched alkanes of at least 4 members (excludes halogenated alkanes) is 1. The standard InChI is InChI=1S/C15H21ClN2O4S/c1-10-5-7-11(8-6-10)23(21,22)15(20)13(16)14(19)12(18)4-2-3-9-17/h5-8,12-13H,2-4,9,17-18H2,1H3/t12-,13?/m0/s1. The molecule has 0 radical (unpaired) electrons.